The molecule has 10 fully saturated rings. The average Bonchev–Trinajstić information content (AvgIpc) is 3.84. The Bertz CT molecular complexity index is 1280. The lowest BCUT2D eigenvalue weighted by Gasteiger charge is -2.58. The largest absolute Gasteiger partial charge is 0.490 e. The lowest BCUT2D eigenvalue weighted by atomic mass is 9.47. The van der Waals surface area contributed by atoms with Crippen LogP contribution in [0.25, 0.3) is 10.8 Å². The maximum atomic E-state index is 6.96. The van der Waals surface area contributed by atoms with Gasteiger partial charge < -0.3 is 18.9 Å². The van der Waals surface area contributed by atoms with E-state index in [0.29, 0.717) is 18.6 Å². The van der Waals surface area contributed by atoms with Crippen LogP contribution in [0.15, 0.2) is 24.3 Å². The first-order valence-corrected chi connectivity index (χ1v) is 16.7. The third-order valence-electron chi connectivity index (χ3n) is 12.9. The van der Waals surface area contributed by atoms with Crippen LogP contribution in [0.1, 0.15) is 88.2 Å². The molecular weight excluding hydrogens is 496 g/mol. The van der Waals surface area contributed by atoms with E-state index in [0.717, 1.165) is 60.2 Å². The molecule has 2 aliphatic heterocycles. The first kappa shape index (κ1) is 23.7. The fourth-order valence-corrected chi connectivity index (χ4v) is 12.1. The topological polar surface area (TPSA) is 43.5 Å². The van der Waals surface area contributed by atoms with Gasteiger partial charge in [-0.2, -0.15) is 0 Å². The lowest BCUT2D eigenvalue weighted by Crippen LogP contribution is -2.49. The minimum atomic E-state index is 0.194. The highest BCUT2D eigenvalue weighted by Crippen LogP contribution is 2.65. The Morgan fingerprint density at radius 3 is 1.65 bits per heavy atom. The zero-order chi connectivity index (χ0) is 26.1. The number of epoxide rings is 2. The van der Waals surface area contributed by atoms with E-state index in [4.69, 9.17) is 18.9 Å². The molecule has 0 radical (unpaired) electrons. The zero-order valence-corrected chi connectivity index (χ0v) is 23.9. The predicted molar refractivity (Wildman–Crippen MR) is 154 cm³/mol. The highest BCUT2D eigenvalue weighted by atomic mass is 16.6. The van der Waals surface area contributed by atoms with Gasteiger partial charge in [0, 0.05) is 16.4 Å². The van der Waals surface area contributed by atoms with Crippen molar-refractivity contribution in [3.8, 4) is 11.5 Å². The second-order valence-electron chi connectivity index (χ2n) is 15.9. The highest BCUT2D eigenvalue weighted by molar-refractivity contribution is 5.95. The van der Waals surface area contributed by atoms with Crippen LogP contribution >= 0.6 is 0 Å². The van der Waals surface area contributed by atoms with Crippen LogP contribution in [0.2, 0.25) is 0 Å². The molecule has 2 aromatic rings. The minimum Gasteiger partial charge on any atom is -0.490 e. The Hall–Kier alpha value is -1.78. The van der Waals surface area contributed by atoms with Gasteiger partial charge in [0.05, 0.1) is 13.2 Å². The van der Waals surface area contributed by atoms with Gasteiger partial charge in [0.2, 0.25) is 0 Å². The second kappa shape index (κ2) is 8.40. The molecule has 4 nitrogen and oxygen atoms in total. The SMILES string of the molecule is c1cc(C23CC4CC(CC(C4)C2)C3)c2cc(OCC3CO3)c(C34CC5CC(CC(C5)C3)C4)c(OCC3CO3)c2c1. The van der Waals surface area contributed by atoms with E-state index in [-0.39, 0.29) is 17.6 Å². The van der Waals surface area contributed by atoms with Gasteiger partial charge in [0.15, 0.2) is 0 Å². The Balaban J connectivity index is 1.17. The van der Waals surface area contributed by atoms with Gasteiger partial charge in [-0.25, -0.2) is 0 Å². The van der Waals surface area contributed by atoms with Crippen LogP contribution in [-0.4, -0.2) is 38.6 Å². The van der Waals surface area contributed by atoms with E-state index in [2.05, 4.69) is 24.3 Å². The molecule has 2 heterocycles. The molecule has 10 aliphatic rings. The van der Waals surface area contributed by atoms with E-state index in [1.807, 2.05) is 0 Å². The monoisotopic (exact) mass is 540 g/mol. The van der Waals surface area contributed by atoms with Crippen molar-refractivity contribution < 1.29 is 18.9 Å². The summed E-state index contributed by atoms with van der Waals surface area (Å²) in [5.41, 5.74) is 3.55. The van der Waals surface area contributed by atoms with E-state index >= 15 is 0 Å². The van der Waals surface area contributed by atoms with Crippen molar-refractivity contribution >= 4 is 10.8 Å². The predicted octanol–water partition coefficient (Wildman–Crippen LogP) is 7.33. The van der Waals surface area contributed by atoms with Crippen LogP contribution < -0.4 is 9.47 Å². The highest BCUT2D eigenvalue weighted by Gasteiger charge is 2.55. The van der Waals surface area contributed by atoms with E-state index in [9.17, 15) is 0 Å². The molecule has 8 aliphatic carbocycles. The number of rotatable bonds is 8. The van der Waals surface area contributed by atoms with Gasteiger partial charge >= 0.3 is 0 Å². The molecule has 2 unspecified atom stereocenters. The molecule has 40 heavy (non-hydrogen) atoms. The first-order chi connectivity index (χ1) is 19.6. The van der Waals surface area contributed by atoms with E-state index in [1.54, 1.807) is 5.56 Å². The van der Waals surface area contributed by atoms with E-state index < -0.39 is 0 Å². The minimum absolute atomic E-state index is 0.194. The van der Waals surface area contributed by atoms with Crippen molar-refractivity contribution in [1.82, 2.24) is 0 Å². The molecule has 0 aromatic heterocycles. The maximum absolute atomic E-state index is 6.96. The van der Waals surface area contributed by atoms with Crippen LogP contribution in [0, 0.1) is 35.5 Å². The normalized spacial score (nSPS) is 45.3. The molecule has 0 spiro atoms. The molecule has 2 saturated heterocycles. The summed E-state index contributed by atoms with van der Waals surface area (Å²) in [4.78, 5) is 0. The van der Waals surface area contributed by atoms with Crippen molar-refractivity contribution in [2.24, 2.45) is 35.5 Å². The van der Waals surface area contributed by atoms with Crippen LogP contribution in [-0.2, 0) is 20.3 Å². The number of fused-ring (bicyclic) bond motifs is 1. The van der Waals surface area contributed by atoms with Gasteiger partial charge in [-0.3, -0.25) is 0 Å². The molecule has 0 amide bonds. The number of benzene rings is 2. The number of hydrogen-bond acceptors (Lipinski definition) is 4. The van der Waals surface area contributed by atoms with Gasteiger partial charge in [-0.15, -0.1) is 0 Å². The Kier molecular flexibility index (Phi) is 4.99. The zero-order valence-electron chi connectivity index (χ0n) is 23.9. The van der Waals surface area contributed by atoms with Crippen LogP contribution in [0.5, 0.6) is 11.5 Å². The summed E-state index contributed by atoms with van der Waals surface area (Å²) < 4.78 is 25.1. The third kappa shape index (κ3) is 3.70. The molecule has 4 heteroatoms. The summed E-state index contributed by atoms with van der Waals surface area (Å²) in [6.45, 7) is 2.99. The van der Waals surface area contributed by atoms with Gasteiger partial charge in [-0.1, -0.05) is 18.2 Å². The van der Waals surface area contributed by atoms with Crippen molar-refractivity contribution in [3.05, 3.63) is 35.4 Å². The third-order valence-corrected chi connectivity index (χ3v) is 12.9. The molecule has 212 valence electrons. The Morgan fingerprint density at radius 2 is 1.12 bits per heavy atom. The smallest absolute Gasteiger partial charge is 0.134 e. The first-order valence-electron chi connectivity index (χ1n) is 16.7. The summed E-state index contributed by atoms with van der Waals surface area (Å²) in [5, 5.41) is 2.76. The standard InChI is InChI=1S/C36H44O4/c1-2-29-30(31(3-1)35-11-21-4-22(12-35)6-23(5-21)13-35)10-32(39-19-27-17-37-27)33(34(29)40-20-28-18-38-28)36-14-24-7-25(15-36)9-26(8-24)16-36/h1-3,10,21-28H,4-9,11-20H2. The second-order valence-corrected chi connectivity index (χ2v) is 15.9. The van der Waals surface area contributed by atoms with Gasteiger partial charge in [0.25, 0.3) is 0 Å². The fraction of sp³-hybridized carbons (Fsp3) is 0.722. The van der Waals surface area contributed by atoms with Crippen LogP contribution in [0.4, 0.5) is 0 Å². The summed E-state index contributed by atoms with van der Waals surface area (Å²) in [5.74, 6) is 7.68. The summed E-state index contributed by atoms with van der Waals surface area (Å²) in [6.07, 6.45) is 17.3. The molecule has 2 aromatic carbocycles. The average molecular weight is 541 g/mol. The van der Waals surface area contributed by atoms with E-state index in [1.165, 1.54) is 93.4 Å². The Labute approximate surface area is 238 Å². The fourth-order valence-electron chi connectivity index (χ4n) is 12.1. The van der Waals surface area contributed by atoms with Crippen molar-refractivity contribution in [2.45, 2.75) is 100 Å². The molecule has 8 saturated carbocycles. The summed E-state index contributed by atoms with van der Waals surface area (Å²) >= 11 is 0. The molecule has 12 rings (SSSR count). The number of hydrogen-bond donors (Lipinski definition) is 0. The van der Waals surface area contributed by atoms with Crippen LogP contribution in [0.3, 0.4) is 0 Å². The van der Waals surface area contributed by atoms with Crippen molar-refractivity contribution in [1.29, 1.82) is 0 Å². The molecule has 8 bridgehead atoms. The summed E-state index contributed by atoms with van der Waals surface area (Å²) in [6, 6.07) is 9.72. The molecule has 0 N–H and O–H groups in total. The number of ether oxygens (including phenoxy) is 4. The Morgan fingerprint density at radius 1 is 0.625 bits per heavy atom. The molecule has 2 atom stereocenters. The maximum Gasteiger partial charge on any atom is 0.134 e. The quantitative estimate of drug-likeness (QED) is 0.329. The van der Waals surface area contributed by atoms with Gasteiger partial charge in [0.1, 0.15) is 36.9 Å². The van der Waals surface area contributed by atoms with Crippen molar-refractivity contribution in [2.75, 3.05) is 26.4 Å². The van der Waals surface area contributed by atoms with Gasteiger partial charge in [-0.05, 0) is 135 Å². The van der Waals surface area contributed by atoms with Crippen molar-refractivity contribution in [3.63, 3.8) is 0 Å². The lowest BCUT2D eigenvalue weighted by molar-refractivity contribution is -0.00767. The summed E-state index contributed by atoms with van der Waals surface area (Å²) in [7, 11) is 0. The molecular formula is C36H44O4.